The summed E-state index contributed by atoms with van der Waals surface area (Å²) in [5.74, 6) is -0.624. The number of nitrogens with zero attached hydrogens (tertiary/aromatic N) is 1. The number of rotatable bonds is 4. The Hall–Kier alpha value is -1.59. The number of carbonyl (C=O) groups is 1. The topological polar surface area (TPSA) is 76.2 Å². The Morgan fingerprint density at radius 2 is 2.22 bits per heavy atom. The molecule has 0 spiro atoms. The Bertz CT molecular complexity index is 586. The van der Waals surface area contributed by atoms with E-state index in [2.05, 4.69) is 4.98 Å². The van der Waals surface area contributed by atoms with Crippen molar-refractivity contribution in [2.75, 3.05) is 5.75 Å². The first-order valence-electron chi connectivity index (χ1n) is 5.55. The van der Waals surface area contributed by atoms with Crippen molar-refractivity contribution in [1.29, 1.82) is 0 Å². The first-order valence-corrected chi connectivity index (χ1v) is 6.54. The lowest BCUT2D eigenvalue weighted by atomic mass is 10.2. The molecule has 1 aromatic carbocycles. The number of pyridine rings is 1. The van der Waals surface area contributed by atoms with Gasteiger partial charge in [0.15, 0.2) is 0 Å². The molecule has 1 heterocycles. The molecule has 2 rings (SSSR count). The number of aryl methyl sites for hydroxylation is 1. The maximum atomic E-state index is 10.7. The highest BCUT2D eigenvalue weighted by molar-refractivity contribution is 7.99. The van der Waals surface area contributed by atoms with E-state index in [0.29, 0.717) is 5.75 Å². The lowest BCUT2D eigenvalue weighted by molar-refractivity contribution is -0.137. The average Bonchev–Trinajstić information content (AvgIpc) is 2.35. The maximum absolute atomic E-state index is 10.7. The standard InChI is InChI=1S/C13H14N2O2S/c1-8-6-12(18-7-10(14)13(16)17)9-4-2-3-5-11(9)15-8/h2-6,10H,7,14H2,1H3,(H,16,17). The number of carboxylic acid groups (broad SMARTS) is 1. The van der Waals surface area contributed by atoms with Crippen LogP contribution in [0.2, 0.25) is 0 Å². The van der Waals surface area contributed by atoms with E-state index < -0.39 is 12.0 Å². The minimum Gasteiger partial charge on any atom is -0.480 e. The summed E-state index contributed by atoms with van der Waals surface area (Å²) in [5.41, 5.74) is 7.35. The van der Waals surface area contributed by atoms with Crippen LogP contribution in [0.5, 0.6) is 0 Å². The van der Waals surface area contributed by atoms with E-state index in [4.69, 9.17) is 10.8 Å². The summed E-state index contributed by atoms with van der Waals surface area (Å²) in [6.45, 7) is 1.92. The smallest absolute Gasteiger partial charge is 0.321 e. The minimum absolute atomic E-state index is 0.350. The molecule has 0 saturated carbocycles. The third kappa shape index (κ3) is 2.80. The van der Waals surface area contributed by atoms with E-state index >= 15 is 0 Å². The predicted octanol–water partition coefficient (Wildman–Crippen LogP) is 2.05. The molecule has 0 aliphatic rings. The molecule has 0 saturated heterocycles. The summed E-state index contributed by atoms with van der Waals surface area (Å²) in [5, 5.41) is 9.81. The second kappa shape index (κ2) is 5.37. The predicted molar refractivity (Wildman–Crippen MR) is 72.8 cm³/mol. The van der Waals surface area contributed by atoms with Crippen LogP contribution in [0.1, 0.15) is 5.69 Å². The van der Waals surface area contributed by atoms with Crippen molar-refractivity contribution in [3.8, 4) is 0 Å². The molecule has 0 fully saturated rings. The van der Waals surface area contributed by atoms with Crippen LogP contribution in [-0.4, -0.2) is 27.9 Å². The fourth-order valence-electron chi connectivity index (χ4n) is 1.64. The first-order chi connectivity index (χ1) is 8.58. The van der Waals surface area contributed by atoms with E-state index in [1.807, 2.05) is 37.3 Å². The Labute approximate surface area is 109 Å². The van der Waals surface area contributed by atoms with Crippen LogP contribution in [0.25, 0.3) is 10.9 Å². The molecule has 94 valence electrons. The van der Waals surface area contributed by atoms with Crippen molar-refractivity contribution in [1.82, 2.24) is 4.98 Å². The van der Waals surface area contributed by atoms with Crippen molar-refractivity contribution >= 4 is 28.6 Å². The molecule has 2 aromatic rings. The summed E-state index contributed by atoms with van der Waals surface area (Å²) in [6, 6.07) is 8.93. The summed E-state index contributed by atoms with van der Waals surface area (Å²) >= 11 is 1.45. The van der Waals surface area contributed by atoms with Crippen LogP contribution in [0.3, 0.4) is 0 Å². The first kappa shape index (κ1) is 12.9. The molecule has 1 unspecified atom stereocenters. The number of para-hydroxylation sites is 1. The van der Waals surface area contributed by atoms with Gasteiger partial charge in [-0.15, -0.1) is 11.8 Å². The molecule has 3 N–H and O–H groups in total. The fraction of sp³-hybridized carbons (Fsp3) is 0.231. The number of hydrogen-bond acceptors (Lipinski definition) is 4. The number of carboxylic acids is 1. The lowest BCUT2D eigenvalue weighted by Crippen LogP contribution is -2.32. The second-order valence-corrected chi connectivity index (χ2v) is 5.10. The van der Waals surface area contributed by atoms with Gasteiger partial charge in [0.25, 0.3) is 0 Å². The highest BCUT2D eigenvalue weighted by atomic mass is 32.2. The van der Waals surface area contributed by atoms with Gasteiger partial charge in [-0.25, -0.2) is 0 Å². The summed E-state index contributed by atoms with van der Waals surface area (Å²) in [7, 11) is 0. The van der Waals surface area contributed by atoms with Gasteiger partial charge in [-0.1, -0.05) is 18.2 Å². The molecular formula is C13H14N2O2S. The molecule has 0 radical (unpaired) electrons. The van der Waals surface area contributed by atoms with E-state index in [0.717, 1.165) is 21.5 Å². The highest BCUT2D eigenvalue weighted by Crippen LogP contribution is 2.27. The normalized spacial score (nSPS) is 12.6. The van der Waals surface area contributed by atoms with Gasteiger partial charge < -0.3 is 10.8 Å². The van der Waals surface area contributed by atoms with E-state index in [1.165, 1.54) is 11.8 Å². The van der Waals surface area contributed by atoms with Gasteiger partial charge in [0.05, 0.1) is 5.52 Å². The summed E-state index contributed by atoms with van der Waals surface area (Å²) in [6.07, 6.45) is 0. The van der Waals surface area contributed by atoms with Crippen molar-refractivity contribution in [3.05, 3.63) is 36.0 Å². The quantitative estimate of drug-likeness (QED) is 0.825. The largest absolute Gasteiger partial charge is 0.480 e. The van der Waals surface area contributed by atoms with Gasteiger partial charge in [0.2, 0.25) is 0 Å². The molecule has 1 atom stereocenters. The molecule has 18 heavy (non-hydrogen) atoms. The molecule has 0 aliphatic carbocycles. The van der Waals surface area contributed by atoms with Gasteiger partial charge in [0.1, 0.15) is 6.04 Å². The zero-order valence-electron chi connectivity index (χ0n) is 9.96. The van der Waals surface area contributed by atoms with E-state index in [1.54, 1.807) is 0 Å². The summed E-state index contributed by atoms with van der Waals surface area (Å²) < 4.78 is 0. The zero-order valence-corrected chi connectivity index (χ0v) is 10.8. The molecular weight excluding hydrogens is 248 g/mol. The number of aromatic nitrogens is 1. The number of aliphatic carboxylic acids is 1. The minimum atomic E-state index is -0.974. The maximum Gasteiger partial charge on any atom is 0.321 e. The van der Waals surface area contributed by atoms with E-state index in [-0.39, 0.29) is 0 Å². The van der Waals surface area contributed by atoms with Crippen LogP contribution in [0.4, 0.5) is 0 Å². The molecule has 0 bridgehead atoms. The van der Waals surface area contributed by atoms with Crippen LogP contribution in [0.15, 0.2) is 35.2 Å². The molecule has 4 nitrogen and oxygen atoms in total. The Kier molecular flexibility index (Phi) is 3.84. The Morgan fingerprint density at radius 1 is 1.50 bits per heavy atom. The third-order valence-corrected chi connectivity index (χ3v) is 3.72. The number of nitrogens with two attached hydrogens (primary N) is 1. The van der Waals surface area contributed by atoms with Gasteiger partial charge in [-0.05, 0) is 19.1 Å². The Balaban J connectivity index is 2.29. The van der Waals surface area contributed by atoms with Gasteiger partial charge >= 0.3 is 5.97 Å². The van der Waals surface area contributed by atoms with E-state index in [9.17, 15) is 4.79 Å². The highest BCUT2D eigenvalue weighted by Gasteiger charge is 2.13. The van der Waals surface area contributed by atoms with Gasteiger partial charge in [-0.3, -0.25) is 9.78 Å². The molecule has 0 amide bonds. The number of fused-ring (bicyclic) bond motifs is 1. The fourth-order valence-corrected chi connectivity index (χ4v) is 2.72. The monoisotopic (exact) mass is 262 g/mol. The Morgan fingerprint density at radius 3 is 2.94 bits per heavy atom. The van der Waals surface area contributed by atoms with Gasteiger partial charge in [-0.2, -0.15) is 0 Å². The van der Waals surface area contributed by atoms with Crippen molar-refractivity contribution in [2.24, 2.45) is 5.73 Å². The van der Waals surface area contributed by atoms with Crippen molar-refractivity contribution in [3.63, 3.8) is 0 Å². The molecule has 1 aromatic heterocycles. The molecule has 0 aliphatic heterocycles. The van der Waals surface area contributed by atoms with Crippen LogP contribution in [0, 0.1) is 6.92 Å². The third-order valence-electron chi connectivity index (χ3n) is 2.54. The SMILES string of the molecule is Cc1cc(SCC(N)C(=O)O)c2ccccc2n1. The van der Waals surface area contributed by atoms with Crippen LogP contribution in [-0.2, 0) is 4.79 Å². The number of benzene rings is 1. The van der Waals surface area contributed by atoms with Crippen LogP contribution < -0.4 is 5.73 Å². The van der Waals surface area contributed by atoms with Crippen molar-refractivity contribution < 1.29 is 9.90 Å². The number of hydrogen-bond donors (Lipinski definition) is 2. The van der Waals surface area contributed by atoms with Crippen molar-refractivity contribution in [2.45, 2.75) is 17.9 Å². The molecule has 5 heteroatoms. The zero-order chi connectivity index (χ0) is 13.1. The number of thioether (sulfide) groups is 1. The lowest BCUT2D eigenvalue weighted by Gasteiger charge is -2.09. The second-order valence-electron chi connectivity index (χ2n) is 4.03. The average molecular weight is 262 g/mol. The summed E-state index contributed by atoms with van der Waals surface area (Å²) in [4.78, 5) is 16.2. The van der Waals surface area contributed by atoms with Crippen LogP contribution >= 0.6 is 11.8 Å². The van der Waals surface area contributed by atoms with Gasteiger partial charge in [0, 0.05) is 21.7 Å².